The number of nitrogens with zero attached hydrogens (tertiary/aromatic N) is 3. The van der Waals surface area contributed by atoms with Crippen LogP contribution in [0.1, 0.15) is 46.0 Å². The van der Waals surface area contributed by atoms with Gasteiger partial charge in [-0.05, 0) is 45.2 Å². The van der Waals surface area contributed by atoms with E-state index in [0.717, 1.165) is 45.7 Å². The molecule has 0 saturated carbocycles. The minimum atomic E-state index is 0.795. The molecule has 2 heterocycles. The molecule has 2 rings (SSSR count). The Morgan fingerprint density at radius 1 is 0.900 bits per heavy atom. The van der Waals surface area contributed by atoms with Crippen LogP contribution in [0.15, 0.2) is 0 Å². The van der Waals surface area contributed by atoms with Crippen molar-refractivity contribution in [3.63, 3.8) is 0 Å². The maximum absolute atomic E-state index is 10.2. The molecule has 0 unspecified atom stereocenters. The molecular weight excluding hydrogens is 254 g/mol. The van der Waals surface area contributed by atoms with Gasteiger partial charge in [0.15, 0.2) is 0 Å². The zero-order chi connectivity index (χ0) is 15.2. The van der Waals surface area contributed by atoms with E-state index in [2.05, 4.69) is 4.90 Å². The second-order valence-corrected chi connectivity index (χ2v) is 5.03. The average molecular weight is 285 g/mol. The molecule has 20 heavy (non-hydrogen) atoms. The van der Waals surface area contributed by atoms with Crippen LogP contribution < -0.4 is 0 Å². The van der Waals surface area contributed by atoms with Crippen LogP contribution in [-0.2, 0) is 9.59 Å². The van der Waals surface area contributed by atoms with Gasteiger partial charge in [-0.25, -0.2) is 0 Å². The molecule has 0 spiro atoms. The van der Waals surface area contributed by atoms with E-state index >= 15 is 0 Å². The smallest absolute Gasteiger partial charge is 0.210 e. The van der Waals surface area contributed by atoms with E-state index in [1.54, 1.807) is 4.90 Å². The molecule has 5 nitrogen and oxygen atoms in total. The van der Waals surface area contributed by atoms with Crippen molar-refractivity contribution in [3.8, 4) is 0 Å². The Hall–Kier alpha value is -1.10. The van der Waals surface area contributed by atoms with Gasteiger partial charge in [0.25, 0.3) is 0 Å². The summed E-state index contributed by atoms with van der Waals surface area (Å²) in [5.41, 5.74) is 0. The van der Waals surface area contributed by atoms with Crippen LogP contribution >= 0.6 is 0 Å². The standard InChI is InChI=1S/C7H14N2O.C6H11NO.C2H6/c1-8(7-10)6-9-4-2-3-5-9;8-6-7-4-2-1-3-5-7;1-2/h7H,2-6H2,1H3;6H,1-5H2;1-2H3. The second-order valence-electron chi connectivity index (χ2n) is 5.03. The summed E-state index contributed by atoms with van der Waals surface area (Å²) >= 11 is 0. The molecule has 2 aliphatic rings. The van der Waals surface area contributed by atoms with Gasteiger partial charge in [0.1, 0.15) is 0 Å². The molecule has 0 aliphatic carbocycles. The van der Waals surface area contributed by atoms with E-state index in [4.69, 9.17) is 0 Å². The van der Waals surface area contributed by atoms with Gasteiger partial charge in [-0.1, -0.05) is 13.8 Å². The van der Waals surface area contributed by atoms with Gasteiger partial charge in [0.2, 0.25) is 12.8 Å². The minimum Gasteiger partial charge on any atom is -0.345 e. The van der Waals surface area contributed by atoms with Crippen molar-refractivity contribution in [2.24, 2.45) is 0 Å². The molecular formula is C15H31N3O2. The molecule has 0 aromatic heterocycles. The third-order valence-electron chi connectivity index (χ3n) is 3.34. The van der Waals surface area contributed by atoms with E-state index < -0.39 is 0 Å². The third-order valence-corrected chi connectivity index (χ3v) is 3.34. The molecule has 0 aromatic carbocycles. The maximum atomic E-state index is 10.2. The first kappa shape index (κ1) is 18.9. The number of amides is 2. The van der Waals surface area contributed by atoms with Crippen LogP contribution in [0, 0.1) is 0 Å². The number of carbonyl (C=O) groups is 2. The lowest BCUT2D eigenvalue weighted by Gasteiger charge is -2.21. The van der Waals surface area contributed by atoms with Crippen molar-refractivity contribution >= 4 is 12.8 Å². The molecule has 0 N–H and O–H groups in total. The quantitative estimate of drug-likeness (QED) is 0.740. The Morgan fingerprint density at radius 2 is 1.40 bits per heavy atom. The molecule has 2 saturated heterocycles. The van der Waals surface area contributed by atoms with Crippen molar-refractivity contribution in [3.05, 3.63) is 0 Å². The monoisotopic (exact) mass is 285 g/mol. The lowest BCUT2D eigenvalue weighted by molar-refractivity contribution is -0.119. The highest BCUT2D eigenvalue weighted by Crippen LogP contribution is 2.06. The van der Waals surface area contributed by atoms with Gasteiger partial charge in [-0.2, -0.15) is 0 Å². The molecule has 0 atom stereocenters. The minimum absolute atomic E-state index is 0.795. The van der Waals surface area contributed by atoms with Crippen molar-refractivity contribution in [1.29, 1.82) is 0 Å². The van der Waals surface area contributed by atoms with Crippen LogP contribution in [0.25, 0.3) is 0 Å². The van der Waals surface area contributed by atoms with Gasteiger partial charge in [-0.3, -0.25) is 14.5 Å². The number of likely N-dealkylation sites (tertiary alicyclic amines) is 2. The lowest BCUT2D eigenvalue weighted by atomic mass is 10.1. The van der Waals surface area contributed by atoms with E-state index in [0.29, 0.717) is 0 Å². The summed E-state index contributed by atoms with van der Waals surface area (Å²) in [6.45, 7) is 9.05. The molecule has 0 aromatic rings. The second kappa shape index (κ2) is 12.9. The number of rotatable bonds is 4. The largest absolute Gasteiger partial charge is 0.345 e. The van der Waals surface area contributed by atoms with Gasteiger partial charge in [0, 0.05) is 20.1 Å². The molecule has 2 amide bonds. The summed E-state index contributed by atoms with van der Waals surface area (Å²) in [7, 11) is 1.81. The number of carbonyl (C=O) groups excluding carboxylic acids is 2. The molecule has 2 aliphatic heterocycles. The highest BCUT2D eigenvalue weighted by Gasteiger charge is 2.11. The SMILES string of the molecule is CC.CN(C=O)CN1CCCC1.O=CN1CCCCC1. The first-order chi connectivity index (χ1) is 9.76. The fourth-order valence-electron chi connectivity index (χ4n) is 2.30. The van der Waals surface area contributed by atoms with Crippen molar-refractivity contribution in [1.82, 2.24) is 14.7 Å². The average Bonchev–Trinajstić information content (AvgIpc) is 3.03. The fourth-order valence-corrected chi connectivity index (χ4v) is 2.30. The van der Waals surface area contributed by atoms with Gasteiger partial charge in [0.05, 0.1) is 6.67 Å². The van der Waals surface area contributed by atoms with Crippen LogP contribution in [0.2, 0.25) is 0 Å². The Kier molecular flexibility index (Phi) is 12.2. The number of hydrogen-bond donors (Lipinski definition) is 0. The molecule has 118 valence electrons. The summed E-state index contributed by atoms with van der Waals surface area (Å²) in [4.78, 5) is 26.1. The Labute approximate surface area is 123 Å². The summed E-state index contributed by atoms with van der Waals surface area (Å²) in [6, 6.07) is 0. The van der Waals surface area contributed by atoms with Crippen LogP contribution in [-0.4, -0.2) is 67.4 Å². The topological polar surface area (TPSA) is 43.9 Å². The normalized spacial score (nSPS) is 18.2. The highest BCUT2D eigenvalue weighted by atomic mass is 16.1. The van der Waals surface area contributed by atoms with E-state index in [9.17, 15) is 9.59 Å². The summed E-state index contributed by atoms with van der Waals surface area (Å²) in [6.07, 6.45) is 8.07. The van der Waals surface area contributed by atoms with Gasteiger partial charge >= 0.3 is 0 Å². The van der Waals surface area contributed by atoms with E-state index in [1.165, 1.54) is 32.1 Å². The van der Waals surface area contributed by atoms with Crippen molar-refractivity contribution < 1.29 is 9.59 Å². The van der Waals surface area contributed by atoms with Crippen molar-refractivity contribution in [2.45, 2.75) is 46.0 Å². The molecule has 0 radical (unpaired) electrons. The van der Waals surface area contributed by atoms with Crippen molar-refractivity contribution in [2.75, 3.05) is 39.9 Å². The van der Waals surface area contributed by atoms with Gasteiger partial charge < -0.3 is 9.80 Å². The zero-order valence-electron chi connectivity index (χ0n) is 13.4. The number of piperidine rings is 1. The first-order valence-corrected chi connectivity index (χ1v) is 7.83. The zero-order valence-corrected chi connectivity index (χ0v) is 13.4. The molecule has 0 bridgehead atoms. The first-order valence-electron chi connectivity index (χ1n) is 7.83. The van der Waals surface area contributed by atoms with E-state index in [-0.39, 0.29) is 0 Å². The Morgan fingerprint density at radius 3 is 1.80 bits per heavy atom. The highest BCUT2D eigenvalue weighted by molar-refractivity contribution is 5.47. The van der Waals surface area contributed by atoms with E-state index in [1.807, 2.05) is 25.8 Å². The third kappa shape index (κ3) is 8.91. The predicted molar refractivity (Wildman–Crippen MR) is 82.3 cm³/mol. The van der Waals surface area contributed by atoms with Crippen LogP contribution in [0.5, 0.6) is 0 Å². The summed E-state index contributed by atoms with van der Waals surface area (Å²) in [5.74, 6) is 0. The summed E-state index contributed by atoms with van der Waals surface area (Å²) < 4.78 is 0. The van der Waals surface area contributed by atoms with Gasteiger partial charge in [-0.15, -0.1) is 0 Å². The molecule has 2 fully saturated rings. The summed E-state index contributed by atoms with van der Waals surface area (Å²) in [5, 5.41) is 0. The lowest BCUT2D eigenvalue weighted by Crippen LogP contribution is -2.32. The Bertz CT molecular complexity index is 237. The number of hydrogen-bond acceptors (Lipinski definition) is 3. The Balaban J connectivity index is 0.000000327. The predicted octanol–water partition coefficient (Wildman–Crippen LogP) is 1.78. The van der Waals surface area contributed by atoms with Crippen LogP contribution in [0.3, 0.4) is 0 Å². The fraction of sp³-hybridized carbons (Fsp3) is 0.867. The maximum Gasteiger partial charge on any atom is 0.210 e. The molecule has 5 heteroatoms. The van der Waals surface area contributed by atoms with Crippen LogP contribution in [0.4, 0.5) is 0 Å².